The molecule has 7 heteroatoms. The van der Waals surface area contributed by atoms with Gasteiger partial charge in [0.1, 0.15) is 0 Å². The van der Waals surface area contributed by atoms with Crippen molar-refractivity contribution in [3.05, 3.63) is 23.3 Å². The van der Waals surface area contributed by atoms with Gasteiger partial charge in [0.15, 0.2) is 17.6 Å². The summed E-state index contributed by atoms with van der Waals surface area (Å²) in [6.45, 7) is 3.73. The second-order valence-corrected chi connectivity index (χ2v) is 10.3. The Hall–Kier alpha value is -1.38. The van der Waals surface area contributed by atoms with Gasteiger partial charge in [-0.15, -0.1) is 0 Å². The third kappa shape index (κ3) is 2.27. The lowest BCUT2D eigenvalue weighted by Gasteiger charge is -2.60. The highest BCUT2D eigenvalue weighted by Gasteiger charge is 2.76. The van der Waals surface area contributed by atoms with Gasteiger partial charge in [0.25, 0.3) is 0 Å². The smallest absolute Gasteiger partial charge is 0.207 e. The summed E-state index contributed by atoms with van der Waals surface area (Å²) in [6, 6.07) is 3.76. The van der Waals surface area contributed by atoms with Crippen LogP contribution >= 0.6 is 0 Å². The Balaban J connectivity index is 1.40. The van der Waals surface area contributed by atoms with E-state index < -0.39 is 22.9 Å². The van der Waals surface area contributed by atoms with E-state index in [1.54, 1.807) is 6.07 Å². The van der Waals surface area contributed by atoms with Crippen molar-refractivity contribution in [2.24, 2.45) is 0 Å². The van der Waals surface area contributed by atoms with Crippen LogP contribution in [0.15, 0.2) is 12.1 Å². The van der Waals surface area contributed by atoms with Crippen LogP contribution in [0.3, 0.4) is 0 Å². The number of phenolic OH excluding ortho intramolecular Hbond substituents is 1. The van der Waals surface area contributed by atoms with E-state index in [1.165, 1.54) is 5.56 Å². The maximum atomic E-state index is 12.6. The van der Waals surface area contributed by atoms with Crippen molar-refractivity contribution in [1.82, 2.24) is 4.90 Å². The molecule has 31 heavy (non-hydrogen) atoms. The van der Waals surface area contributed by atoms with Gasteiger partial charge in [-0.05, 0) is 56.7 Å². The van der Waals surface area contributed by atoms with E-state index in [4.69, 9.17) is 18.9 Å². The summed E-state index contributed by atoms with van der Waals surface area (Å²) in [4.78, 5) is 2.49. The summed E-state index contributed by atoms with van der Waals surface area (Å²) in [5, 5.41) is 23.3. The number of phenols is 1. The molecule has 0 radical (unpaired) electrons. The zero-order valence-electron chi connectivity index (χ0n) is 17.8. The molecule has 5 atom stereocenters. The molecule has 6 aliphatic rings. The van der Waals surface area contributed by atoms with E-state index in [2.05, 4.69) is 4.90 Å². The Kier molecular flexibility index (Phi) is 3.92. The normalized spacial score (nSPS) is 42.4. The number of hydrogen-bond acceptors (Lipinski definition) is 7. The number of ether oxygens (including phenoxy) is 4. The number of fused-ring (bicyclic) bond motifs is 1. The van der Waals surface area contributed by atoms with Crippen LogP contribution in [0.25, 0.3) is 0 Å². The van der Waals surface area contributed by atoms with E-state index in [0.29, 0.717) is 31.8 Å². The molecule has 168 valence electrons. The summed E-state index contributed by atoms with van der Waals surface area (Å²) < 4.78 is 24.9. The Morgan fingerprint density at radius 3 is 2.74 bits per heavy atom. The summed E-state index contributed by atoms with van der Waals surface area (Å²) in [5.41, 5.74) is 0.597. The molecule has 1 aromatic carbocycles. The first kappa shape index (κ1) is 19.1. The van der Waals surface area contributed by atoms with E-state index in [-0.39, 0.29) is 17.9 Å². The van der Waals surface area contributed by atoms with Crippen molar-refractivity contribution < 1.29 is 29.2 Å². The minimum atomic E-state index is -0.959. The molecule has 0 amide bonds. The van der Waals surface area contributed by atoms with Gasteiger partial charge in [-0.1, -0.05) is 6.07 Å². The largest absolute Gasteiger partial charge is 0.504 e. The minimum absolute atomic E-state index is 0.00736. The zero-order valence-corrected chi connectivity index (χ0v) is 17.8. The third-order valence-electron chi connectivity index (χ3n) is 9.04. The van der Waals surface area contributed by atoms with Gasteiger partial charge in [-0.2, -0.15) is 0 Å². The molecular weight excluding hydrogens is 398 g/mol. The standard InChI is InChI=1S/C24H31NO6/c26-17-5-4-15-13-18-23(27)7-8-24(29-11-12-30-24)21-22(23,19(15)20(17)31-21)6-2-9-25(18)14-16-3-1-10-28-16/h4-5,16,18,21,26-27H,1-3,6-14H2/t16?,18-,21?,22+,23?/m1/s1. The lowest BCUT2D eigenvalue weighted by atomic mass is 9.50. The van der Waals surface area contributed by atoms with Gasteiger partial charge in [0.2, 0.25) is 5.79 Å². The molecule has 1 saturated carbocycles. The van der Waals surface area contributed by atoms with Gasteiger partial charge >= 0.3 is 0 Å². The highest BCUT2D eigenvalue weighted by molar-refractivity contribution is 5.62. The van der Waals surface area contributed by atoms with Crippen LogP contribution in [0.2, 0.25) is 0 Å². The summed E-state index contributed by atoms with van der Waals surface area (Å²) in [7, 11) is 0. The highest BCUT2D eigenvalue weighted by atomic mass is 16.8. The fraction of sp³-hybridized carbons (Fsp3) is 0.750. The molecule has 2 bridgehead atoms. The van der Waals surface area contributed by atoms with Crippen LogP contribution in [0.1, 0.15) is 49.7 Å². The van der Waals surface area contributed by atoms with Gasteiger partial charge in [-0.25, -0.2) is 0 Å². The molecule has 1 aromatic rings. The lowest BCUT2D eigenvalue weighted by Crippen LogP contribution is -2.75. The van der Waals surface area contributed by atoms with E-state index in [0.717, 1.165) is 57.4 Å². The first-order valence-electron chi connectivity index (χ1n) is 12.0. The van der Waals surface area contributed by atoms with E-state index in [9.17, 15) is 10.2 Å². The number of likely N-dealkylation sites (tertiary alicyclic amines) is 1. The SMILES string of the molecule is Oc1ccc2c3c1OC1C4(CCC5(O)[C@@H](C2)N(CC2CCCO2)CCC[C@]315)OCCO4. The molecule has 3 unspecified atom stereocenters. The van der Waals surface area contributed by atoms with Gasteiger partial charge in [0.05, 0.1) is 30.3 Å². The zero-order chi connectivity index (χ0) is 20.8. The number of aromatic hydroxyl groups is 1. The molecule has 4 fully saturated rings. The second-order valence-electron chi connectivity index (χ2n) is 10.3. The van der Waals surface area contributed by atoms with Crippen LogP contribution in [0, 0.1) is 0 Å². The second kappa shape index (κ2) is 6.35. The molecule has 2 N–H and O–H groups in total. The number of hydrogen-bond donors (Lipinski definition) is 2. The first-order chi connectivity index (χ1) is 15.1. The molecule has 4 heterocycles. The molecule has 2 aliphatic carbocycles. The maximum absolute atomic E-state index is 12.6. The number of nitrogens with zero attached hydrogens (tertiary/aromatic N) is 1. The summed E-state index contributed by atoms with van der Waals surface area (Å²) in [5.74, 6) is -0.162. The highest BCUT2D eigenvalue weighted by Crippen LogP contribution is 2.67. The fourth-order valence-corrected chi connectivity index (χ4v) is 7.86. The molecule has 4 aliphatic heterocycles. The summed E-state index contributed by atoms with van der Waals surface area (Å²) in [6.07, 6.45) is 5.74. The van der Waals surface area contributed by atoms with Crippen LogP contribution in [-0.2, 0) is 26.0 Å². The number of aliphatic hydroxyl groups is 1. The average Bonchev–Trinajstić information content (AvgIpc) is 3.49. The van der Waals surface area contributed by atoms with E-state index in [1.807, 2.05) is 6.07 Å². The van der Waals surface area contributed by atoms with Crippen LogP contribution in [0.4, 0.5) is 0 Å². The maximum Gasteiger partial charge on any atom is 0.207 e. The van der Waals surface area contributed by atoms with Gasteiger partial charge < -0.3 is 29.2 Å². The van der Waals surface area contributed by atoms with Crippen molar-refractivity contribution in [2.45, 2.75) is 80.0 Å². The third-order valence-corrected chi connectivity index (χ3v) is 9.04. The predicted molar refractivity (Wildman–Crippen MR) is 110 cm³/mol. The molecule has 3 saturated heterocycles. The van der Waals surface area contributed by atoms with Crippen LogP contribution in [-0.4, -0.2) is 77.7 Å². The lowest BCUT2D eigenvalue weighted by molar-refractivity contribution is -0.285. The van der Waals surface area contributed by atoms with Crippen molar-refractivity contribution in [2.75, 3.05) is 32.9 Å². The van der Waals surface area contributed by atoms with Crippen LogP contribution < -0.4 is 4.74 Å². The van der Waals surface area contributed by atoms with Crippen molar-refractivity contribution in [3.8, 4) is 11.5 Å². The van der Waals surface area contributed by atoms with E-state index >= 15 is 0 Å². The summed E-state index contributed by atoms with van der Waals surface area (Å²) >= 11 is 0. The number of rotatable bonds is 2. The minimum Gasteiger partial charge on any atom is -0.504 e. The Morgan fingerprint density at radius 1 is 1.06 bits per heavy atom. The molecule has 0 aromatic heterocycles. The molecule has 7 rings (SSSR count). The van der Waals surface area contributed by atoms with Crippen molar-refractivity contribution in [3.63, 3.8) is 0 Å². The Labute approximate surface area is 182 Å². The Bertz CT molecular complexity index is 910. The predicted octanol–water partition coefficient (Wildman–Crippen LogP) is 1.86. The molecule has 2 spiro atoms. The van der Waals surface area contributed by atoms with Gasteiger partial charge in [0, 0.05) is 31.2 Å². The Morgan fingerprint density at radius 2 is 1.94 bits per heavy atom. The molecular formula is C24H31NO6. The fourth-order valence-electron chi connectivity index (χ4n) is 7.86. The quantitative estimate of drug-likeness (QED) is 0.743. The number of benzene rings is 1. The van der Waals surface area contributed by atoms with Crippen molar-refractivity contribution >= 4 is 0 Å². The first-order valence-corrected chi connectivity index (χ1v) is 12.0. The molecule has 7 nitrogen and oxygen atoms in total. The topological polar surface area (TPSA) is 80.6 Å². The van der Waals surface area contributed by atoms with Gasteiger partial charge in [-0.3, -0.25) is 4.90 Å². The van der Waals surface area contributed by atoms with Crippen molar-refractivity contribution in [1.29, 1.82) is 0 Å². The average molecular weight is 430 g/mol. The van der Waals surface area contributed by atoms with Crippen LogP contribution in [0.5, 0.6) is 11.5 Å². The monoisotopic (exact) mass is 429 g/mol.